The van der Waals surface area contributed by atoms with Crippen molar-refractivity contribution in [2.45, 2.75) is 33.5 Å². The minimum Gasteiger partial charge on any atom is -0.466 e. The van der Waals surface area contributed by atoms with Crippen LogP contribution in [0.15, 0.2) is 0 Å². The molecular formula is C12H25NO4. The van der Waals surface area contributed by atoms with Crippen molar-refractivity contribution in [3.05, 3.63) is 0 Å². The van der Waals surface area contributed by atoms with Crippen LogP contribution in [0.1, 0.15) is 27.2 Å². The molecule has 0 saturated heterocycles. The Morgan fingerprint density at radius 3 is 2.18 bits per heavy atom. The molecule has 0 heterocycles. The third-order valence-corrected chi connectivity index (χ3v) is 2.17. The average molecular weight is 247 g/mol. The molecule has 0 aliphatic carbocycles. The second-order valence-corrected chi connectivity index (χ2v) is 3.66. The third kappa shape index (κ3) is 9.09. The number of carbonyl (C=O) groups excluding carboxylic acids is 1. The molecule has 0 amide bonds. The number of hydrogen-bond donors (Lipinski definition) is 0. The molecule has 102 valence electrons. The van der Waals surface area contributed by atoms with E-state index in [9.17, 15) is 4.79 Å². The van der Waals surface area contributed by atoms with Crippen LogP contribution in [0.3, 0.4) is 0 Å². The Kier molecular flexibility index (Phi) is 10.1. The molecule has 0 bridgehead atoms. The maximum atomic E-state index is 11.2. The zero-order chi connectivity index (χ0) is 13.1. The fourth-order valence-electron chi connectivity index (χ4n) is 1.39. The monoisotopic (exact) mass is 247 g/mol. The molecule has 5 heteroatoms. The predicted molar refractivity (Wildman–Crippen MR) is 65.8 cm³/mol. The van der Waals surface area contributed by atoms with Crippen molar-refractivity contribution in [3.8, 4) is 0 Å². The lowest BCUT2D eigenvalue weighted by Gasteiger charge is -2.23. The molecule has 0 aliphatic heterocycles. The molecular weight excluding hydrogens is 222 g/mol. The molecule has 0 N–H and O–H groups in total. The Balaban J connectivity index is 3.80. The average Bonchev–Trinajstić information content (AvgIpc) is 2.27. The van der Waals surface area contributed by atoms with Gasteiger partial charge < -0.3 is 19.1 Å². The van der Waals surface area contributed by atoms with Gasteiger partial charge in [-0.3, -0.25) is 4.79 Å². The van der Waals surface area contributed by atoms with Crippen LogP contribution < -0.4 is 0 Å². The number of nitrogens with zero attached hydrogens (tertiary/aromatic N) is 1. The Bertz CT molecular complexity index is 193. The predicted octanol–water partition coefficient (Wildman–Crippen LogP) is 1.27. The smallest absolute Gasteiger partial charge is 0.307 e. The van der Waals surface area contributed by atoms with Gasteiger partial charge >= 0.3 is 5.97 Å². The first-order valence-electron chi connectivity index (χ1n) is 6.21. The standard InChI is InChI=1S/C12H25NO4/c1-5-15-11(14)8-9-13(4)10-12(16-6-2)17-7-3/h12H,5-10H2,1-4H3. The van der Waals surface area contributed by atoms with E-state index in [-0.39, 0.29) is 12.3 Å². The van der Waals surface area contributed by atoms with E-state index in [1.54, 1.807) is 0 Å². The minimum absolute atomic E-state index is 0.163. The van der Waals surface area contributed by atoms with Crippen molar-refractivity contribution in [1.82, 2.24) is 4.90 Å². The molecule has 0 spiro atoms. The van der Waals surface area contributed by atoms with Gasteiger partial charge in [0.05, 0.1) is 13.0 Å². The zero-order valence-corrected chi connectivity index (χ0v) is 11.4. The number of esters is 1. The first kappa shape index (κ1) is 16.4. The summed E-state index contributed by atoms with van der Waals surface area (Å²) in [5.74, 6) is -0.163. The van der Waals surface area contributed by atoms with E-state index in [4.69, 9.17) is 14.2 Å². The molecule has 0 aromatic carbocycles. The van der Waals surface area contributed by atoms with Crippen LogP contribution in [-0.4, -0.2) is 57.1 Å². The van der Waals surface area contributed by atoms with Crippen LogP contribution in [0.25, 0.3) is 0 Å². The van der Waals surface area contributed by atoms with Crippen LogP contribution in [0.2, 0.25) is 0 Å². The molecule has 0 aliphatic rings. The summed E-state index contributed by atoms with van der Waals surface area (Å²) in [5, 5.41) is 0. The Morgan fingerprint density at radius 1 is 1.12 bits per heavy atom. The van der Waals surface area contributed by atoms with Crippen molar-refractivity contribution in [1.29, 1.82) is 0 Å². The number of ether oxygens (including phenoxy) is 3. The number of rotatable bonds is 10. The van der Waals surface area contributed by atoms with Gasteiger partial charge in [-0.2, -0.15) is 0 Å². The summed E-state index contributed by atoms with van der Waals surface area (Å²) in [4.78, 5) is 13.2. The summed E-state index contributed by atoms with van der Waals surface area (Å²) >= 11 is 0. The summed E-state index contributed by atoms with van der Waals surface area (Å²) in [6, 6.07) is 0. The highest BCUT2D eigenvalue weighted by Gasteiger charge is 2.12. The van der Waals surface area contributed by atoms with Gasteiger partial charge in [-0.25, -0.2) is 0 Å². The van der Waals surface area contributed by atoms with Gasteiger partial charge in [-0.15, -0.1) is 0 Å². The molecule has 0 rings (SSSR count). The molecule has 0 fully saturated rings. The zero-order valence-electron chi connectivity index (χ0n) is 11.4. The van der Waals surface area contributed by atoms with Crippen LogP contribution in [0.4, 0.5) is 0 Å². The molecule has 0 unspecified atom stereocenters. The third-order valence-electron chi connectivity index (χ3n) is 2.17. The van der Waals surface area contributed by atoms with Crippen molar-refractivity contribution >= 4 is 5.97 Å². The topological polar surface area (TPSA) is 48.0 Å². The van der Waals surface area contributed by atoms with E-state index in [1.807, 2.05) is 32.7 Å². The molecule has 0 atom stereocenters. The molecule has 0 aromatic heterocycles. The van der Waals surface area contributed by atoms with Crippen molar-refractivity contribution in [3.63, 3.8) is 0 Å². The largest absolute Gasteiger partial charge is 0.466 e. The Morgan fingerprint density at radius 2 is 1.71 bits per heavy atom. The summed E-state index contributed by atoms with van der Waals surface area (Å²) in [7, 11) is 1.93. The van der Waals surface area contributed by atoms with Crippen molar-refractivity contribution < 1.29 is 19.0 Å². The highest BCUT2D eigenvalue weighted by molar-refractivity contribution is 5.69. The Hall–Kier alpha value is -0.650. The lowest BCUT2D eigenvalue weighted by Crippen LogP contribution is -2.34. The van der Waals surface area contributed by atoms with Gasteiger partial charge in [-0.1, -0.05) is 0 Å². The van der Waals surface area contributed by atoms with Crippen LogP contribution >= 0.6 is 0 Å². The first-order valence-corrected chi connectivity index (χ1v) is 6.21. The molecule has 0 radical (unpaired) electrons. The second-order valence-electron chi connectivity index (χ2n) is 3.66. The number of hydrogen-bond acceptors (Lipinski definition) is 5. The molecule has 17 heavy (non-hydrogen) atoms. The fourth-order valence-corrected chi connectivity index (χ4v) is 1.39. The number of likely N-dealkylation sites (N-methyl/N-ethyl adjacent to an activating group) is 1. The minimum atomic E-state index is -0.225. The SMILES string of the molecule is CCOC(=O)CCN(C)CC(OCC)OCC. The highest BCUT2D eigenvalue weighted by Crippen LogP contribution is 1.99. The van der Waals surface area contributed by atoms with Crippen molar-refractivity contribution in [2.75, 3.05) is 40.0 Å². The fraction of sp³-hybridized carbons (Fsp3) is 0.917. The van der Waals surface area contributed by atoms with Gasteiger partial charge in [0.15, 0.2) is 6.29 Å². The maximum absolute atomic E-state index is 11.2. The number of carbonyl (C=O) groups is 1. The van der Waals surface area contributed by atoms with E-state index in [1.165, 1.54) is 0 Å². The van der Waals surface area contributed by atoms with Gasteiger partial charge in [0, 0.05) is 26.3 Å². The quantitative estimate of drug-likeness (QED) is 0.430. The lowest BCUT2D eigenvalue weighted by molar-refractivity contribution is -0.149. The van der Waals surface area contributed by atoms with Gasteiger partial charge in [0.2, 0.25) is 0 Å². The summed E-state index contributed by atoms with van der Waals surface area (Å²) in [6.45, 7) is 8.66. The highest BCUT2D eigenvalue weighted by atomic mass is 16.7. The molecule has 5 nitrogen and oxygen atoms in total. The van der Waals surface area contributed by atoms with Crippen LogP contribution in [-0.2, 0) is 19.0 Å². The van der Waals surface area contributed by atoms with Crippen LogP contribution in [0, 0.1) is 0 Å². The van der Waals surface area contributed by atoms with Crippen molar-refractivity contribution in [2.24, 2.45) is 0 Å². The van der Waals surface area contributed by atoms with E-state index >= 15 is 0 Å². The second kappa shape index (κ2) is 10.5. The Labute approximate surface area is 104 Å². The summed E-state index contributed by atoms with van der Waals surface area (Å²) in [5.41, 5.74) is 0. The summed E-state index contributed by atoms with van der Waals surface area (Å²) < 4.78 is 15.7. The normalized spacial score (nSPS) is 11.2. The van der Waals surface area contributed by atoms with E-state index in [0.717, 1.165) is 0 Å². The van der Waals surface area contributed by atoms with E-state index in [0.29, 0.717) is 39.3 Å². The first-order chi connectivity index (χ1) is 8.13. The van der Waals surface area contributed by atoms with Gasteiger partial charge in [0.25, 0.3) is 0 Å². The summed E-state index contributed by atoms with van der Waals surface area (Å²) in [6.07, 6.45) is 0.173. The molecule has 0 aromatic rings. The van der Waals surface area contributed by atoms with Gasteiger partial charge in [-0.05, 0) is 27.8 Å². The van der Waals surface area contributed by atoms with E-state index in [2.05, 4.69) is 0 Å². The molecule has 0 saturated carbocycles. The maximum Gasteiger partial charge on any atom is 0.307 e. The van der Waals surface area contributed by atoms with Gasteiger partial charge in [0.1, 0.15) is 0 Å². The van der Waals surface area contributed by atoms with Crippen LogP contribution in [0.5, 0.6) is 0 Å². The van der Waals surface area contributed by atoms with E-state index < -0.39 is 0 Å². The lowest BCUT2D eigenvalue weighted by atomic mass is 10.4.